The van der Waals surface area contributed by atoms with Crippen LogP contribution in [0.3, 0.4) is 0 Å². The van der Waals surface area contributed by atoms with Gasteiger partial charge in [-0.05, 0) is 63.1 Å². The number of aryl methyl sites for hydroxylation is 4. The van der Waals surface area contributed by atoms with E-state index in [-0.39, 0.29) is 16.8 Å². The summed E-state index contributed by atoms with van der Waals surface area (Å²) >= 11 is 0. The third-order valence-corrected chi connectivity index (χ3v) is 6.50. The third-order valence-electron chi connectivity index (χ3n) is 6.50. The van der Waals surface area contributed by atoms with Crippen LogP contribution < -0.4 is 0 Å². The van der Waals surface area contributed by atoms with Gasteiger partial charge in [-0.1, -0.05) is 102 Å². The molecule has 0 aliphatic heterocycles. The Morgan fingerprint density at radius 3 is 1.28 bits per heavy atom. The predicted molar refractivity (Wildman–Crippen MR) is 160 cm³/mol. The molecule has 0 bridgehead atoms. The van der Waals surface area contributed by atoms with Gasteiger partial charge in [0.15, 0.2) is 0 Å². The minimum atomic E-state index is 0. The van der Waals surface area contributed by atoms with Gasteiger partial charge in [-0.15, -0.1) is 0 Å². The Hall–Kier alpha value is -4.12. The number of hydrogen-bond acceptors (Lipinski definition) is 3. The molecule has 4 aromatic carbocycles. The molecule has 1 heterocycles. The van der Waals surface area contributed by atoms with Gasteiger partial charge >= 0.3 is 0 Å². The Labute approximate surface area is 241 Å². The largest absolute Gasteiger partial charge is 0.246 e. The van der Waals surface area contributed by atoms with Crippen molar-refractivity contribution in [1.82, 2.24) is 4.98 Å². The number of pyridine rings is 1. The van der Waals surface area contributed by atoms with E-state index in [0.29, 0.717) is 0 Å². The molecule has 5 rings (SSSR count). The molecule has 0 unspecified atom stereocenters. The molecule has 4 heteroatoms. The standard InChI is InChI=1S/C35H31N3.Co/c1-24-18-20-30(26(3)22-24)37-34(28-12-7-5-8-13-28)32-16-11-17-33(36-32)35(29-14-9-6-10-15-29)38-31-21-19-25(2)23-27(31)4;/h5-23H,1-4H3;. The minimum Gasteiger partial charge on any atom is -0.246 e. The predicted octanol–water partition coefficient (Wildman–Crippen LogP) is 8.65. The van der Waals surface area contributed by atoms with Gasteiger partial charge in [-0.3, -0.25) is 0 Å². The van der Waals surface area contributed by atoms with E-state index in [1.807, 2.05) is 54.6 Å². The summed E-state index contributed by atoms with van der Waals surface area (Å²) in [6, 6.07) is 39.3. The third kappa shape index (κ3) is 6.66. The average Bonchev–Trinajstić information content (AvgIpc) is 2.93. The topological polar surface area (TPSA) is 37.6 Å². The Kier molecular flexibility index (Phi) is 9.02. The summed E-state index contributed by atoms with van der Waals surface area (Å²) in [6.07, 6.45) is 0. The quantitative estimate of drug-likeness (QED) is 0.194. The van der Waals surface area contributed by atoms with Gasteiger partial charge in [0.05, 0.1) is 34.2 Å². The first-order valence-electron chi connectivity index (χ1n) is 12.9. The summed E-state index contributed by atoms with van der Waals surface area (Å²) in [5.41, 5.74) is 11.9. The Morgan fingerprint density at radius 1 is 0.487 bits per heavy atom. The van der Waals surface area contributed by atoms with E-state index in [4.69, 9.17) is 15.0 Å². The molecule has 39 heavy (non-hydrogen) atoms. The van der Waals surface area contributed by atoms with Gasteiger partial charge in [-0.2, -0.15) is 0 Å². The maximum Gasteiger partial charge on any atom is 0.0966 e. The first-order valence-corrected chi connectivity index (χ1v) is 12.9. The fourth-order valence-corrected chi connectivity index (χ4v) is 4.53. The van der Waals surface area contributed by atoms with Crippen LogP contribution in [0.5, 0.6) is 0 Å². The van der Waals surface area contributed by atoms with Crippen molar-refractivity contribution >= 4 is 22.8 Å². The van der Waals surface area contributed by atoms with Crippen LogP contribution in [0.25, 0.3) is 0 Å². The van der Waals surface area contributed by atoms with E-state index < -0.39 is 0 Å². The summed E-state index contributed by atoms with van der Waals surface area (Å²) < 4.78 is 0. The van der Waals surface area contributed by atoms with Crippen LogP contribution in [0.1, 0.15) is 44.8 Å². The number of aliphatic imine (C=N–C) groups is 2. The second kappa shape index (κ2) is 12.6. The van der Waals surface area contributed by atoms with Crippen molar-refractivity contribution in [2.45, 2.75) is 27.7 Å². The van der Waals surface area contributed by atoms with Gasteiger partial charge in [0, 0.05) is 27.9 Å². The molecular weight excluding hydrogens is 521 g/mol. The van der Waals surface area contributed by atoms with Crippen molar-refractivity contribution in [3.05, 3.63) is 160 Å². The first-order chi connectivity index (χ1) is 18.5. The van der Waals surface area contributed by atoms with Crippen LogP contribution in [0.15, 0.2) is 125 Å². The molecule has 195 valence electrons. The zero-order valence-corrected chi connectivity index (χ0v) is 23.7. The van der Waals surface area contributed by atoms with E-state index in [1.165, 1.54) is 11.1 Å². The maximum absolute atomic E-state index is 5.15. The number of aromatic nitrogens is 1. The summed E-state index contributed by atoms with van der Waals surface area (Å²) in [5, 5.41) is 0. The van der Waals surface area contributed by atoms with Crippen molar-refractivity contribution in [3.8, 4) is 0 Å². The molecule has 0 aliphatic rings. The summed E-state index contributed by atoms with van der Waals surface area (Å²) in [5.74, 6) is 0. The zero-order valence-electron chi connectivity index (χ0n) is 22.6. The van der Waals surface area contributed by atoms with Crippen molar-refractivity contribution in [3.63, 3.8) is 0 Å². The van der Waals surface area contributed by atoms with Gasteiger partial charge < -0.3 is 0 Å². The van der Waals surface area contributed by atoms with E-state index in [1.54, 1.807) is 0 Å². The van der Waals surface area contributed by atoms with Crippen LogP contribution in [0.4, 0.5) is 11.4 Å². The summed E-state index contributed by atoms with van der Waals surface area (Å²) in [4.78, 5) is 15.4. The molecule has 0 aliphatic carbocycles. The van der Waals surface area contributed by atoms with E-state index in [9.17, 15) is 0 Å². The van der Waals surface area contributed by atoms with Crippen LogP contribution in [-0.4, -0.2) is 16.4 Å². The van der Waals surface area contributed by atoms with Crippen LogP contribution in [0, 0.1) is 27.7 Å². The van der Waals surface area contributed by atoms with Gasteiger partial charge in [0.1, 0.15) is 0 Å². The summed E-state index contributed by atoms with van der Waals surface area (Å²) in [6.45, 7) is 8.40. The summed E-state index contributed by atoms with van der Waals surface area (Å²) in [7, 11) is 0. The molecule has 0 atom stereocenters. The van der Waals surface area contributed by atoms with Crippen molar-refractivity contribution < 1.29 is 16.8 Å². The first kappa shape index (κ1) is 27.9. The van der Waals surface area contributed by atoms with E-state index in [0.717, 1.165) is 56.4 Å². The molecule has 0 amide bonds. The SMILES string of the molecule is Cc1ccc(N=C(c2ccccc2)c2cccc(C(=Nc3ccc(C)cc3C)c3ccccc3)n2)c(C)c1.[Co]. The number of nitrogens with zero attached hydrogens (tertiary/aromatic N) is 3. The molecule has 5 aromatic rings. The second-order valence-corrected chi connectivity index (χ2v) is 9.64. The number of rotatable bonds is 6. The molecular formula is C35H31CoN3. The molecule has 3 nitrogen and oxygen atoms in total. The molecule has 1 aromatic heterocycles. The van der Waals surface area contributed by atoms with Crippen molar-refractivity contribution in [2.75, 3.05) is 0 Å². The van der Waals surface area contributed by atoms with E-state index in [2.05, 4.69) is 88.4 Å². The van der Waals surface area contributed by atoms with Crippen LogP contribution in [0.2, 0.25) is 0 Å². The fourth-order valence-electron chi connectivity index (χ4n) is 4.53. The number of benzene rings is 4. The fraction of sp³-hybridized carbons (Fsp3) is 0.114. The van der Waals surface area contributed by atoms with Gasteiger partial charge in [0.2, 0.25) is 0 Å². The smallest absolute Gasteiger partial charge is 0.0966 e. The normalized spacial score (nSPS) is 11.7. The second-order valence-electron chi connectivity index (χ2n) is 9.64. The molecule has 0 saturated heterocycles. The zero-order chi connectivity index (χ0) is 26.5. The van der Waals surface area contributed by atoms with Gasteiger partial charge in [0.25, 0.3) is 0 Å². The van der Waals surface area contributed by atoms with Crippen molar-refractivity contribution in [1.29, 1.82) is 0 Å². The molecule has 0 fully saturated rings. The van der Waals surface area contributed by atoms with Crippen LogP contribution >= 0.6 is 0 Å². The number of hydrogen-bond donors (Lipinski definition) is 0. The van der Waals surface area contributed by atoms with Crippen LogP contribution in [-0.2, 0) is 16.8 Å². The Morgan fingerprint density at radius 2 is 0.897 bits per heavy atom. The van der Waals surface area contributed by atoms with E-state index >= 15 is 0 Å². The molecule has 0 saturated carbocycles. The maximum atomic E-state index is 5.15. The molecule has 1 radical (unpaired) electrons. The molecule has 0 N–H and O–H groups in total. The monoisotopic (exact) mass is 552 g/mol. The average molecular weight is 553 g/mol. The molecule has 0 spiro atoms. The minimum absolute atomic E-state index is 0. The Bertz CT molecular complexity index is 1520. The van der Waals surface area contributed by atoms with Gasteiger partial charge in [-0.25, -0.2) is 15.0 Å². The van der Waals surface area contributed by atoms with Crippen molar-refractivity contribution in [2.24, 2.45) is 9.98 Å². The Balaban J connectivity index is 0.00000353.